The summed E-state index contributed by atoms with van der Waals surface area (Å²) in [7, 11) is 1.91. The van der Waals surface area contributed by atoms with Crippen molar-refractivity contribution in [3.8, 4) is 22.4 Å². The zero-order valence-corrected chi connectivity index (χ0v) is 18.2. The van der Waals surface area contributed by atoms with E-state index in [2.05, 4.69) is 29.4 Å². The molecule has 2 aliphatic rings. The minimum atomic E-state index is -0.947. The smallest absolute Gasteiger partial charge is 0.253 e. The first-order chi connectivity index (χ1) is 15.4. The number of carbonyl (C=O) groups is 1. The second-order valence-corrected chi connectivity index (χ2v) is 8.83. The molecule has 2 N–H and O–H groups in total. The van der Waals surface area contributed by atoms with Gasteiger partial charge in [0.25, 0.3) is 5.91 Å². The Bertz CT molecular complexity index is 1090. The van der Waals surface area contributed by atoms with Crippen LogP contribution in [0, 0.1) is 0 Å². The maximum absolute atomic E-state index is 12.9. The summed E-state index contributed by atoms with van der Waals surface area (Å²) < 4.78 is 1.79. The van der Waals surface area contributed by atoms with Gasteiger partial charge in [-0.15, -0.1) is 0 Å². The van der Waals surface area contributed by atoms with Gasteiger partial charge in [0.2, 0.25) is 0 Å². The maximum Gasteiger partial charge on any atom is 0.253 e. The lowest BCUT2D eigenvalue weighted by Gasteiger charge is -2.38. The van der Waals surface area contributed by atoms with Crippen molar-refractivity contribution in [3.05, 3.63) is 66.4 Å². The van der Waals surface area contributed by atoms with Gasteiger partial charge < -0.3 is 15.1 Å². The second-order valence-electron chi connectivity index (χ2n) is 8.83. The monoisotopic (exact) mass is 432 g/mol. The largest absolute Gasteiger partial charge is 0.386 e. The molecule has 0 spiro atoms. The van der Waals surface area contributed by atoms with E-state index < -0.39 is 11.8 Å². The number of aliphatic hydroxyl groups is 2. The molecule has 1 aromatic heterocycles. The van der Waals surface area contributed by atoms with E-state index in [1.165, 1.54) is 0 Å². The van der Waals surface area contributed by atoms with E-state index in [0.29, 0.717) is 44.6 Å². The zero-order valence-electron chi connectivity index (χ0n) is 18.2. The molecule has 1 saturated carbocycles. The molecule has 166 valence electrons. The summed E-state index contributed by atoms with van der Waals surface area (Å²) in [6.07, 6.45) is 2.39. The fourth-order valence-corrected chi connectivity index (χ4v) is 4.29. The number of piperazine rings is 1. The van der Waals surface area contributed by atoms with Crippen LogP contribution in [-0.2, 0) is 7.05 Å². The summed E-state index contributed by atoms with van der Waals surface area (Å²) in [6, 6.07) is 17.9. The standard InChI is InChI=1S/C25H28N4O3/c1-27-13-10-22(26-27)20-6-2-18(3-7-20)19-4-8-21(9-5-19)23(30)28-14-16-29(17-15-28)24(31)25(32)11-12-25/h2-10,13,24,31-32H,11-12,14-17H2,1H3. The van der Waals surface area contributed by atoms with E-state index in [0.717, 1.165) is 22.4 Å². The average Bonchev–Trinajstić information content (AvgIpc) is 3.44. The molecule has 1 unspecified atom stereocenters. The lowest BCUT2D eigenvalue weighted by molar-refractivity contribution is -0.108. The van der Waals surface area contributed by atoms with Gasteiger partial charge in [0.15, 0.2) is 0 Å². The number of aliphatic hydroxyl groups excluding tert-OH is 1. The Kier molecular flexibility index (Phi) is 5.33. The van der Waals surface area contributed by atoms with Crippen LogP contribution in [-0.4, -0.2) is 73.7 Å². The molecule has 1 aliphatic heterocycles. The minimum Gasteiger partial charge on any atom is -0.386 e. The third-order valence-electron chi connectivity index (χ3n) is 6.55. The Labute approximate surface area is 187 Å². The summed E-state index contributed by atoms with van der Waals surface area (Å²) in [5.41, 5.74) is 3.87. The van der Waals surface area contributed by atoms with Crippen molar-refractivity contribution in [2.75, 3.05) is 26.2 Å². The molecule has 5 rings (SSSR count). The number of benzene rings is 2. The van der Waals surface area contributed by atoms with E-state index in [9.17, 15) is 15.0 Å². The molecule has 1 atom stereocenters. The number of aryl methyl sites for hydroxylation is 1. The van der Waals surface area contributed by atoms with Crippen molar-refractivity contribution in [2.24, 2.45) is 7.05 Å². The first-order valence-electron chi connectivity index (χ1n) is 11.1. The Balaban J connectivity index is 1.21. The van der Waals surface area contributed by atoms with Crippen LogP contribution in [0.2, 0.25) is 0 Å². The van der Waals surface area contributed by atoms with Gasteiger partial charge in [-0.3, -0.25) is 14.4 Å². The molecule has 0 radical (unpaired) electrons. The maximum atomic E-state index is 12.9. The number of rotatable bonds is 5. The second kappa shape index (κ2) is 8.16. The number of aromatic nitrogens is 2. The number of hydrogen-bond donors (Lipinski definition) is 2. The van der Waals surface area contributed by atoms with Crippen molar-refractivity contribution in [3.63, 3.8) is 0 Å². The van der Waals surface area contributed by atoms with Crippen molar-refractivity contribution in [2.45, 2.75) is 24.7 Å². The van der Waals surface area contributed by atoms with Crippen LogP contribution in [0.25, 0.3) is 22.4 Å². The predicted molar refractivity (Wildman–Crippen MR) is 122 cm³/mol. The van der Waals surface area contributed by atoms with Gasteiger partial charge in [0.1, 0.15) is 11.8 Å². The lowest BCUT2D eigenvalue weighted by atomic mass is 10.0. The molecule has 7 heteroatoms. The molecule has 1 aliphatic carbocycles. The van der Waals surface area contributed by atoms with E-state index in [1.807, 2.05) is 53.4 Å². The molecule has 1 saturated heterocycles. The van der Waals surface area contributed by atoms with Gasteiger partial charge >= 0.3 is 0 Å². The third kappa shape index (κ3) is 4.07. The van der Waals surface area contributed by atoms with Crippen molar-refractivity contribution in [1.82, 2.24) is 19.6 Å². The molecule has 32 heavy (non-hydrogen) atoms. The Hall–Kier alpha value is -3.00. The van der Waals surface area contributed by atoms with Crippen molar-refractivity contribution in [1.29, 1.82) is 0 Å². The fourth-order valence-electron chi connectivity index (χ4n) is 4.29. The summed E-state index contributed by atoms with van der Waals surface area (Å²) >= 11 is 0. The van der Waals surface area contributed by atoms with Crippen molar-refractivity contribution < 1.29 is 15.0 Å². The average molecular weight is 433 g/mol. The summed E-state index contributed by atoms with van der Waals surface area (Å²) in [4.78, 5) is 16.6. The van der Waals surface area contributed by atoms with Crippen LogP contribution in [0.5, 0.6) is 0 Å². The lowest BCUT2D eigenvalue weighted by Crippen LogP contribution is -2.55. The van der Waals surface area contributed by atoms with Gasteiger partial charge in [-0.05, 0) is 42.2 Å². The first kappa shape index (κ1) is 20.9. The first-order valence-corrected chi connectivity index (χ1v) is 11.1. The molecule has 2 fully saturated rings. The molecule has 2 heterocycles. The van der Waals surface area contributed by atoms with Gasteiger partial charge in [0, 0.05) is 50.6 Å². The summed E-state index contributed by atoms with van der Waals surface area (Å²) in [5, 5.41) is 24.9. The molecule has 2 aromatic carbocycles. The number of amides is 1. The number of nitrogens with zero attached hydrogens (tertiary/aromatic N) is 4. The Morgan fingerprint density at radius 2 is 1.47 bits per heavy atom. The number of carbonyl (C=O) groups excluding carboxylic acids is 1. The highest BCUT2D eigenvalue weighted by molar-refractivity contribution is 5.94. The Morgan fingerprint density at radius 3 is 2.00 bits per heavy atom. The SMILES string of the molecule is Cn1ccc(-c2ccc(-c3ccc(C(=O)N4CCN(C(O)C5(O)CC5)CC4)cc3)cc2)n1. The molecule has 1 amide bonds. The topological polar surface area (TPSA) is 81.8 Å². The highest BCUT2D eigenvalue weighted by Crippen LogP contribution is 2.39. The van der Waals surface area contributed by atoms with E-state index in [1.54, 1.807) is 4.68 Å². The molecule has 7 nitrogen and oxygen atoms in total. The zero-order chi connectivity index (χ0) is 22.3. The van der Waals surface area contributed by atoms with E-state index >= 15 is 0 Å². The third-order valence-corrected chi connectivity index (χ3v) is 6.55. The van der Waals surface area contributed by atoms with Crippen LogP contribution in [0.1, 0.15) is 23.2 Å². The van der Waals surface area contributed by atoms with Gasteiger partial charge in [0.05, 0.1) is 5.69 Å². The van der Waals surface area contributed by atoms with Crippen LogP contribution in [0.3, 0.4) is 0 Å². The highest BCUT2D eigenvalue weighted by atomic mass is 16.4. The highest BCUT2D eigenvalue weighted by Gasteiger charge is 2.50. The van der Waals surface area contributed by atoms with E-state index in [-0.39, 0.29) is 5.91 Å². The molecular formula is C25H28N4O3. The normalized spacial score (nSPS) is 19.0. The molecule has 3 aromatic rings. The van der Waals surface area contributed by atoms with Crippen LogP contribution < -0.4 is 0 Å². The predicted octanol–water partition coefficient (Wildman–Crippen LogP) is 2.36. The van der Waals surface area contributed by atoms with Crippen LogP contribution >= 0.6 is 0 Å². The Morgan fingerprint density at radius 1 is 0.906 bits per heavy atom. The summed E-state index contributed by atoms with van der Waals surface area (Å²) in [6.45, 7) is 2.22. The fraction of sp³-hybridized carbons (Fsp3) is 0.360. The van der Waals surface area contributed by atoms with Crippen molar-refractivity contribution >= 4 is 5.91 Å². The van der Waals surface area contributed by atoms with Gasteiger partial charge in [-0.1, -0.05) is 36.4 Å². The van der Waals surface area contributed by atoms with Gasteiger partial charge in [-0.2, -0.15) is 5.10 Å². The minimum absolute atomic E-state index is 0.00123. The van der Waals surface area contributed by atoms with E-state index in [4.69, 9.17) is 0 Å². The molecule has 0 bridgehead atoms. The molecular weight excluding hydrogens is 404 g/mol. The number of hydrogen-bond acceptors (Lipinski definition) is 5. The quantitative estimate of drug-likeness (QED) is 0.647. The summed E-state index contributed by atoms with van der Waals surface area (Å²) in [5.74, 6) is 0.00123. The van der Waals surface area contributed by atoms with Crippen LogP contribution in [0.4, 0.5) is 0 Å². The van der Waals surface area contributed by atoms with Crippen LogP contribution in [0.15, 0.2) is 60.8 Å². The van der Waals surface area contributed by atoms with Gasteiger partial charge in [-0.25, -0.2) is 0 Å².